The maximum atomic E-state index is 12.9. The highest BCUT2D eigenvalue weighted by molar-refractivity contribution is 8.00. The van der Waals surface area contributed by atoms with Gasteiger partial charge in [0.15, 0.2) is 16.7 Å². The number of carbonyl (C=O) groups is 3. The molecular weight excluding hydrogens is 502 g/mol. The zero-order valence-corrected chi connectivity index (χ0v) is 19.9. The van der Waals surface area contributed by atoms with Gasteiger partial charge < -0.3 is 21.0 Å². The number of aromatic nitrogens is 3. The Hall–Kier alpha value is -3.43. The van der Waals surface area contributed by atoms with Crippen molar-refractivity contribution in [1.82, 2.24) is 25.2 Å². The fourth-order valence-corrected chi connectivity index (χ4v) is 5.44. The van der Waals surface area contributed by atoms with Gasteiger partial charge in [0, 0.05) is 28.4 Å². The monoisotopic (exact) mass is 519 g/mol. The van der Waals surface area contributed by atoms with Crippen molar-refractivity contribution in [3.63, 3.8) is 0 Å². The number of rotatable bonds is 7. The molecule has 2 amide bonds. The Morgan fingerprint density at radius 2 is 2.15 bits per heavy atom. The highest BCUT2D eigenvalue weighted by Gasteiger charge is 2.54. The molecule has 0 spiro atoms. The van der Waals surface area contributed by atoms with E-state index in [4.69, 9.17) is 10.6 Å². The second kappa shape index (κ2) is 9.82. The number of thioether (sulfide) groups is 1. The summed E-state index contributed by atoms with van der Waals surface area (Å²) in [5.74, 6) is -1.95. The van der Waals surface area contributed by atoms with E-state index in [1.165, 1.54) is 42.7 Å². The van der Waals surface area contributed by atoms with Crippen molar-refractivity contribution in [3.8, 4) is 0 Å². The lowest BCUT2D eigenvalue weighted by molar-refractivity contribution is -0.150. The summed E-state index contributed by atoms with van der Waals surface area (Å²) in [5, 5.41) is 17.3. The molecule has 4 rings (SSSR count). The second-order valence-corrected chi connectivity index (χ2v) is 9.31. The smallest absolute Gasteiger partial charge is 0.352 e. The molecular formula is C19H17N7O5S3. The van der Waals surface area contributed by atoms with Crippen LogP contribution in [0.2, 0.25) is 0 Å². The number of thiazole rings is 1. The van der Waals surface area contributed by atoms with E-state index in [1.807, 2.05) is 0 Å². The number of aliphatic carboxylic acids is 1. The molecule has 4 N–H and O–H groups in total. The number of allylic oxidation sites excluding steroid dienone is 1. The van der Waals surface area contributed by atoms with Gasteiger partial charge in [0.05, 0.1) is 0 Å². The van der Waals surface area contributed by atoms with E-state index in [2.05, 4.69) is 38.1 Å². The number of thiol groups is 1. The summed E-state index contributed by atoms with van der Waals surface area (Å²) in [6.07, 6.45) is 4.61. The van der Waals surface area contributed by atoms with Crippen molar-refractivity contribution < 1.29 is 24.3 Å². The van der Waals surface area contributed by atoms with Crippen LogP contribution in [0.3, 0.4) is 0 Å². The van der Waals surface area contributed by atoms with Crippen molar-refractivity contribution in [2.45, 2.75) is 11.4 Å². The summed E-state index contributed by atoms with van der Waals surface area (Å²) in [4.78, 5) is 56.2. The maximum Gasteiger partial charge on any atom is 0.352 e. The van der Waals surface area contributed by atoms with Crippen LogP contribution in [-0.4, -0.2) is 72.7 Å². The number of fused-ring (bicyclic) bond motifs is 1. The van der Waals surface area contributed by atoms with Crippen LogP contribution < -0.4 is 11.1 Å². The van der Waals surface area contributed by atoms with E-state index in [9.17, 15) is 19.5 Å². The number of amides is 2. The first-order chi connectivity index (χ1) is 16.3. The maximum absolute atomic E-state index is 12.9. The molecule has 2 atom stereocenters. The van der Waals surface area contributed by atoms with Gasteiger partial charge in [-0.3, -0.25) is 14.5 Å². The van der Waals surface area contributed by atoms with Crippen LogP contribution >= 0.6 is 35.7 Å². The molecule has 12 nitrogen and oxygen atoms in total. The first-order valence-electron chi connectivity index (χ1n) is 9.54. The lowest BCUT2D eigenvalue weighted by atomic mass is 10.0. The third kappa shape index (κ3) is 4.49. The van der Waals surface area contributed by atoms with E-state index >= 15 is 0 Å². The van der Waals surface area contributed by atoms with Gasteiger partial charge in [-0.2, -0.15) is 0 Å². The molecule has 2 aromatic heterocycles. The summed E-state index contributed by atoms with van der Waals surface area (Å²) in [6, 6.07) is 0.690. The molecule has 1 saturated heterocycles. The van der Waals surface area contributed by atoms with Crippen molar-refractivity contribution in [3.05, 3.63) is 52.7 Å². The highest BCUT2D eigenvalue weighted by atomic mass is 32.2. The molecule has 0 saturated carbocycles. The largest absolute Gasteiger partial charge is 0.477 e. The normalized spacial score (nSPS) is 20.5. The SMILES string of the molecule is CON=C(C(=O)NC1C(=O)N2C(C(=O)O)=C(C=C(S)c3ncccn3)CSC12)c1csc(N)n1. The van der Waals surface area contributed by atoms with Gasteiger partial charge >= 0.3 is 5.97 Å². The fourth-order valence-electron chi connectivity index (χ4n) is 3.32. The number of nitrogens with two attached hydrogens (primary N) is 1. The molecule has 0 aliphatic carbocycles. The van der Waals surface area contributed by atoms with Crippen LogP contribution in [0.1, 0.15) is 11.5 Å². The number of β-lactam (4-membered cyclic amide) rings is 1. The van der Waals surface area contributed by atoms with Crippen LogP contribution in [0.15, 0.2) is 46.3 Å². The lowest BCUT2D eigenvalue weighted by Gasteiger charge is -2.49. The molecule has 176 valence electrons. The minimum atomic E-state index is -1.27. The molecule has 4 heterocycles. The number of oxime groups is 1. The number of carbonyl (C=O) groups excluding carboxylic acids is 2. The van der Waals surface area contributed by atoms with E-state index in [1.54, 1.807) is 6.07 Å². The van der Waals surface area contributed by atoms with Gasteiger partial charge in [-0.25, -0.2) is 19.7 Å². The van der Waals surface area contributed by atoms with Crippen LogP contribution in [0, 0.1) is 0 Å². The molecule has 15 heteroatoms. The van der Waals surface area contributed by atoms with Crippen molar-refractivity contribution in [2.75, 3.05) is 18.6 Å². The van der Waals surface area contributed by atoms with Crippen molar-refractivity contribution in [1.29, 1.82) is 0 Å². The van der Waals surface area contributed by atoms with E-state index in [0.29, 0.717) is 16.3 Å². The standard InChI is InChI=1S/C19H17N7O5S3/c1-31-25-11(9-7-34-19(20)23-9)15(27)24-12-16(28)26-13(18(29)30)8(6-33-17(12)26)5-10(32)14-21-3-2-4-22-14/h2-5,7,12,17,32H,6H2,1H3,(H2,20,23)(H,24,27)(H,29,30). The number of nitrogens with zero attached hydrogens (tertiary/aromatic N) is 5. The van der Waals surface area contributed by atoms with Crippen LogP contribution in [0.25, 0.3) is 4.91 Å². The average Bonchev–Trinajstić information content (AvgIpc) is 3.26. The Kier molecular flexibility index (Phi) is 6.85. The van der Waals surface area contributed by atoms with Crippen molar-refractivity contribution in [2.24, 2.45) is 5.16 Å². The van der Waals surface area contributed by atoms with E-state index in [-0.39, 0.29) is 28.0 Å². The molecule has 0 bridgehead atoms. The predicted molar refractivity (Wildman–Crippen MR) is 129 cm³/mol. The Labute approximate surface area is 206 Å². The lowest BCUT2D eigenvalue weighted by Crippen LogP contribution is -2.71. The van der Waals surface area contributed by atoms with Crippen molar-refractivity contribution >= 4 is 69.3 Å². The molecule has 1 fully saturated rings. The number of nitrogens with one attached hydrogen (secondary N) is 1. The molecule has 0 radical (unpaired) electrons. The quantitative estimate of drug-likeness (QED) is 0.175. The topological polar surface area (TPSA) is 173 Å². The van der Waals surface area contributed by atoms with E-state index < -0.39 is 29.2 Å². The van der Waals surface area contributed by atoms with E-state index in [0.717, 1.165) is 16.2 Å². The van der Waals surface area contributed by atoms with Gasteiger partial charge in [-0.1, -0.05) is 5.16 Å². The van der Waals surface area contributed by atoms with Gasteiger partial charge in [0.1, 0.15) is 29.9 Å². The molecule has 2 unspecified atom stereocenters. The summed E-state index contributed by atoms with van der Waals surface area (Å²) >= 11 is 6.80. The predicted octanol–water partition coefficient (Wildman–Crippen LogP) is 0.575. The third-order valence-electron chi connectivity index (χ3n) is 4.75. The van der Waals surface area contributed by atoms with Gasteiger partial charge in [0.2, 0.25) is 0 Å². The number of anilines is 1. The number of carboxylic acids is 1. The molecule has 34 heavy (non-hydrogen) atoms. The first-order valence-corrected chi connectivity index (χ1v) is 11.9. The van der Waals surface area contributed by atoms with Crippen LogP contribution in [-0.2, 0) is 19.2 Å². The Morgan fingerprint density at radius 1 is 1.41 bits per heavy atom. The summed E-state index contributed by atoms with van der Waals surface area (Å²) in [6.45, 7) is 0. The first kappa shape index (κ1) is 23.7. The highest BCUT2D eigenvalue weighted by Crippen LogP contribution is 2.41. The molecule has 0 aromatic carbocycles. The number of carboxylic acid groups (broad SMARTS) is 1. The van der Waals surface area contributed by atoms with Crippen LogP contribution in [0.4, 0.5) is 5.13 Å². The minimum absolute atomic E-state index is 0.150. The number of hydrogen-bond acceptors (Lipinski definition) is 12. The fraction of sp³-hybridized carbons (Fsp3) is 0.211. The minimum Gasteiger partial charge on any atom is -0.477 e. The van der Waals surface area contributed by atoms with Gasteiger partial charge in [-0.05, 0) is 17.7 Å². The molecule has 2 aliphatic rings. The number of hydrogen-bond donors (Lipinski definition) is 4. The molecule has 2 aromatic rings. The Balaban J connectivity index is 1.56. The zero-order chi connectivity index (χ0) is 24.4. The summed E-state index contributed by atoms with van der Waals surface area (Å²) < 4.78 is 0. The molecule has 2 aliphatic heterocycles. The van der Waals surface area contributed by atoms with Crippen LogP contribution in [0.5, 0.6) is 0 Å². The number of nitrogen functional groups attached to an aromatic ring is 1. The summed E-state index contributed by atoms with van der Waals surface area (Å²) in [5.41, 5.74) is 5.87. The summed E-state index contributed by atoms with van der Waals surface area (Å²) in [7, 11) is 1.27. The Morgan fingerprint density at radius 3 is 2.76 bits per heavy atom. The van der Waals surface area contributed by atoms with Gasteiger partial charge in [-0.15, -0.1) is 35.7 Å². The zero-order valence-electron chi connectivity index (χ0n) is 17.4. The second-order valence-electron chi connectivity index (χ2n) is 6.84. The Bertz CT molecular complexity index is 1240. The van der Waals surface area contributed by atoms with Gasteiger partial charge in [0.25, 0.3) is 11.8 Å². The average molecular weight is 520 g/mol. The third-order valence-corrected chi connectivity index (χ3v) is 7.06.